The predicted molar refractivity (Wildman–Crippen MR) is 104 cm³/mol. The van der Waals surface area contributed by atoms with Crippen LogP contribution in [-0.4, -0.2) is 31.2 Å². The number of nitrogens with zero attached hydrogens (tertiary/aromatic N) is 2. The number of carbonyl (C=O) groups is 1. The van der Waals surface area contributed by atoms with Crippen molar-refractivity contribution in [1.29, 1.82) is 0 Å². The van der Waals surface area contributed by atoms with Crippen molar-refractivity contribution in [3.05, 3.63) is 59.6 Å². The van der Waals surface area contributed by atoms with Crippen LogP contribution in [0, 0.1) is 0 Å². The quantitative estimate of drug-likeness (QED) is 0.581. The fourth-order valence-corrected chi connectivity index (χ4v) is 4.61. The lowest BCUT2D eigenvalue weighted by atomic mass is 10.2. The molecule has 1 aromatic heterocycles. The molecule has 1 heterocycles. The summed E-state index contributed by atoms with van der Waals surface area (Å²) in [7, 11) is -3.76. The highest BCUT2D eigenvalue weighted by Crippen LogP contribution is 2.29. The van der Waals surface area contributed by atoms with E-state index in [2.05, 4.69) is 14.9 Å². The van der Waals surface area contributed by atoms with Crippen molar-refractivity contribution in [2.45, 2.75) is 21.1 Å². The van der Waals surface area contributed by atoms with Crippen molar-refractivity contribution in [3.63, 3.8) is 0 Å². The number of carbonyl (C=O) groups excluding carboxylic acids is 1. The molecule has 140 valence electrons. The van der Waals surface area contributed by atoms with E-state index in [1.807, 2.05) is 0 Å². The Kier molecular flexibility index (Phi) is 6.09. The van der Waals surface area contributed by atoms with Crippen LogP contribution in [0.15, 0.2) is 68.2 Å². The summed E-state index contributed by atoms with van der Waals surface area (Å²) in [6.45, 7) is 1.96. The molecule has 0 amide bonds. The Bertz CT molecular complexity index is 1000. The molecule has 0 saturated carbocycles. The highest BCUT2D eigenvalue weighted by atomic mass is 32.2. The third-order valence-corrected chi connectivity index (χ3v) is 6.51. The van der Waals surface area contributed by atoms with Gasteiger partial charge in [0.25, 0.3) is 10.0 Å². The molecule has 0 fully saturated rings. The van der Waals surface area contributed by atoms with E-state index < -0.39 is 16.0 Å². The zero-order chi connectivity index (χ0) is 19.3. The molecule has 3 aromatic rings. The van der Waals surface area contributed by atoms with E-state index in [-0.39, 0.29) is 11.5 Å². The maximum atomic E-state index is 12.5. The van der Waals surface area contributed by atoms with Gasteiger partial charge in [0.05, 0.1) is 17.1 Å². The van der Waals surface area contributed by atoms with Gasteiger partial charge in [0.15, 0.2) is 4.34 Å². The van der Waals surface area contributed by atoms with E-state index in [9.17, 15) is 13.2 Å². The monoisotopic (exact) mass is 421 g/mol. The van der Waals surface area contributed by atoms with Crippen LogP contribution in [0.2, 0.25) is 0 Å². The van der Waals surface area contributed by atoms with Gasteiger partial charge < -0.3 is 4.74 Å². The standard InChI is InChI=1S/C17H15N3O4S3/c1-2-24-16(21)12-3-9-15(10-4-12)27(22,23)20-13-5-7-14(8-6-13)26-17-19-18-11-25-17/h3-11,20H,2H2,1H3. The van der Waals surface area contributed by atoms with Crippen molar-refractivity contribution < 1.29 is 17.9 Å². The van der Waals surface area contributed by atoms with Gasteiger partial charge in [-0.15, -0.1) is 10.2 Å². The van der Waals surface area contributed by atoms with Gasteiger partial charge in [0.2, 0.25) is 0 Å². The number of esters is 1. The van der Waals surface area contributed by atoms with Crippen molar-refractivity contribution >= 4 is 44.8 Å². The van der Waals surface area contributed by atoms with Crippen molar-refractivity contribution in [2.24, 2.45) is 0 Å². The van der Waals surface area contributed by atoms with E-state index in [0.29, 0.717) is 11.3 Å². The van der Waals surface area contributed by atoms with Crippen LogP contribution in [0.4, 0.5) is 5.69 Å². The molecule has 0 aliphatic rings. The molecule has 27 heavy (non-hydrogen) atoms. The molecule has 0 radical (unpaired) electrons. The van der Waals surface area contributed by atoms with Crippen molar-refractivity contribution in [1.82, 2.24) is 10.2 Å². The summed E-state index contributed by atoms with van der Waals surface area (Å²) in [5.74, 6) is -0.488. The fourth-order valence-electron chi connectivity index (χ4n) is 2.10. The van der Waals surface area contributed by atoms with Gasteiger partial charge in [0, 0.05) is 10.6 Å². The lowest BCUT2D eigenvalue weighted by Gasteiger charge is -2.09. The van der Waals surface area contributed by atoms with Gasteiger partial charge in [-0.05, 0) is 55.5 Å². The number of rotatable bonds is 7. The average molecular weight is 422 g/mol. The first-order valence-corrected chi connectivity index (χ1v) is 11.0. The number of sulfonamides is 1. The molecule has 0 bridgehead atoms. The summed E-state index contributed by atoms with van der Waals surface area (Å²) in [5, 5.41) is 7.72. The van der Waals surface area contributed by atoms with Crippen LogP contribution in [0.3, 0.4) is 0 Å². The number of benzene rings is 2. The molecule has 0 spiro atoms. The second-order valence-electron chi connectivity index (χ2n) is 5.18. The van der Waals surface area contributed by atoms with Crippen LogP contribution in [-0.2, 0) is 14.8 Å². The first-order valence-electron chi connectivity index (χ1n) is 7.82. The number of nitrogens with one attached hydrogen (secondary N) is 1. The van der Waals surface area contributed by atoms with Crippen LogP contribution in [0.5, 0.6) is 0 Å². The van der Waals surface area contributed by atoms with Crippen LogP contribution < -0.4 is 4.72 Å². The number of anilines is 1. The molecule has 7 nitrogen and oxygen atoms in total. The number of hydrogen-bond donors (Lipinski definition) is 1. The Hall–Kier alpha value is -2.43. The van der Waals surface area contributed by atoms with Crippen molar-refractivity contribution in [3.8, 4) is 0 Å². The SMILES string of the molecule is CCOC(=O)c1ccc(S(=O)(=O)Nc2ccc(Sc3nncs3)cc2)cc1. The topological polar surface area (TPSA) is 98.2 Å². The minimum Gasteiger partial charge on any atom is -0.462 e. The Balaban J connectivity index is 1.69. The molecule has 10 heteroatoms. The summed E-state index contributed by atoms with van der Waals surface area (Å²) in [5.41, 5.74) is 2.39. The molecule has 0 aliphatic carbocycles. The molecular weight excluding hydrogens is 406 g/mol. The summed E-state index contributed by atoms with van der Waals surface area (Å²) in [6, 6.07) is 12.5. The summed E-state index contributed by atoms with van der Waals surface area (Å²) in [4.78, 5) is 12.6. The predicted octanol–water partition coefficient (Wildman–Crippen LogP) is 3.67. The highest BCUT2D eigenvalue weighted by Gasteiger charge is 2.15. The summed E-state index contributed by atoms with van der Waals surface area (Å²) in [6.07, 6.45) is 0. The van der Waals surface area contributed by atoms with Crippen LogP contribution in [0.1, 0.15) is 17.3 Å². The largest absolute Gasteiger partial charge is 0.462 e. The fraction of sp³-hybridized carbons (Fsp3) is 0.118. The minimum atomic E-state index is -3.76. The van der Waals surface area contributed by atoms with E-state index in [1.165, 1.54) is 47.4 Å². The molecule has 1 N–H and O–H groups in total. The maximum Gasteiger partial charge on any atom is 0.338 e. The van der Waals surface area contributed by atoms with Gasteiger partial charge in [-0.2, -0.15) is 0 Å². The van der Waals surface area contributed by atoms with Gasteiger partial charge in [-0.1, -0.05) is 23.1 Å². The molecule has 0 unspecified atom stereocenters. The number of hydrogen-bond acceptors (Lipinski definition) is 8. The Morgan fingerprint density at radius 2 is 1.85 bits per heavy atom. The van der Waals surface area contributed by atoms with E-state index in [1.54, 1.807) is 36.7 Å². The molecular formula is C17H15N3O4S3. The van der Waals surface area contributed by atoms with Gasteiger partial charge in [-0.25, -0.2) is 13.2 Å². The van der Waals surface area contributed by atoms with Crippen LogP contribution in [0.25, 0.3) is 0 Å². The zero-order valence-corrected chi connectivity index (χ0v) is 16.6. The Morgan fingerprint density at radius 1 is 1.15 bits per heavy atom. The average Bonchev–Trinajstić information content (AvgIpc) is 3.16. The second kappa shape index (κ2) is 8.51. The molecule has 2 aromatic carbocycles. The molecule has 0 saturated heterocycles. The van der Waals surface area contributed by atoms with Gasteiger partial charge >= 0.3 is 5.97 Å². The van der Waals surface area contributed by atoms with E-state index >= 15 is 0 Å². The third kappa shape index (κ3) is 5.06. The zero-order valence-electron chi connectivity index (χ0n) is 14.2. The first-order chi connectivity index (χ1) is 13.0. The van der Waals surface area contributed by atoms with Crippen LogP contribution >= 0.6 is 23.1 Å². The highest BCUT2D eigenvalue weighted by molar-refractivity contribution is 8.01. The summed E-state index contributed by atoms with van der Waals surface area (Å²) < 4.78 is 33.2. The third-order valence-electron chi connectivity index (χ3n) is 3.33. The Morgan fingerprint density at radius 3 is 2.44 bits per heavy atom. The number of ether oxygens (including phenoxy) is 1. The lowest BCUT2D eigenvalue weighted by molar-refractivity contribution is 0.0526. The second-order valence-corrected chi connectivity index (χ2v) is 9.02. The number of aromatic nitrogens is 2. The van der Waals surface area contributed by atoms with Crippen molar-refractivity contribution in [2.75, 3.05) is 11.3 Å². The van der Waals surface area contributed by atoms with Gasteiger partial charge in [-0.3, -0.25) is 4.72 Å². The van der Waals surface area contributed by atoms with E-state index in [0.717, 1.165) is 9.24 Å². The normalized spacial score (nSPS) is 11.1. The molecule has 0 aliphatic heterocycles. The molecule has 3 rings (SSSR count). The first kappa shape index (κ1) is 19.3. The smallest absolute Gasteiger partial charge is 0.338 e. The van der Waals surface area contributed by atoms with E-state index in [4.69, 9.17) is 4.74 Å². The Labute approximate surface area is 164 Å². The maximum absolute atomic E-state index is 12.5. The van der Waals surface area contributed by atoms with Gasteiger partial charge in [0.1, 0.15) is 5.51 Å². The minimum absolute atomic E-state index is 0.0582. The summed E-state index contributed by atoms with van der Waals surface area (Å²) >= 11 is 2.88. The molecule has 0 atom stereocenters. The lowest BCUT2D eigenvalue weighted by Crippen LogP contribution is -2.13.